The lowest BCUT2D eigenvalue weighted by molar-refractivity contribution is 0.0732. The molecule has 0 atom stereocenters. The Morgan fingerprint density at radius 1 is 1.35 bits per heavy atom. The number of fused-ring (bicyclic) bond motifs is 4. The van der Waals surface area contributed by atoms with Crippen LogP contribution in [-0.4, -0.2) is 31.7 Å². The van der Waals surface area contributed by atoms with Gasteiger partial charge in [-0.25, -0.2) is 4.98 Å². The highest BCUT2D eigenvalue weighted by atomic mass is 35.5. The van der Waals surface area contributed by atoms with Crippen LogP contribution in [0, 0.1) is 0 Å². The van der Waals surface area contributed by atoms with Crippen LogP contribution in [0.3, 0.4) is 0 Å². The van der Waals surface area contributed by atoms with Crippen LogP contribution < -0.4 is 5.56 Å². The first kappa shape index (κ1) is 15.6. The first-order valence-corrected chi connectivity index (χ1v) is 9.41. The molecule has 0 fully saturated rings. The number of hydrogen-bond acceptors (Lipinski definition) is 4. The zero-order chi connectivity index (χ0) is 17.8. The van der Waals surface area contributed by atoms with E-state index in [0.717, 1.165) is 22.2 Å². The Balaban J connectivity index is 1.54. The van der Waals surface area contributed by atoms with E-state index in [4.69, 9.17) is 11.6 Å². The maximum absolute atomic E-state index is 13.0. The molecule has 6 nitrogen and oxygen atoms in total. The third kappa shape index (κ3) is 2.28. The predicted molar refractivity (Wildman–Crippen MR) is 101 cm³/mol. The minimum atomic E-state index is -0.325. The summed E-state index contributed by atoms with van der Waals surface area (Å²) in [6.07, 6.45) is 3.74. The summed E-state index contributed by atoms with van der Waals surface area (Å²) in [6.45, 7) is 0.998. The Bertz CT molecular complexity index is 1240. The van der Waals surface area contributed by atoms with E-state index in [-0.39, 0.29) is 17.0 Å². The molecule has 4 aromatic rings. The molecule has 1 aliphatic rings. The number of aromatic amines is 1. The summed E-state index contributed by atoms with van der Waals surface area (Å²) >= 11 is 7.50. The van der Waals surface area contributed by atoms with Crippen molar-refractivity contribution in [3.05, 3.63) is 68.2 Å². The zero-order valence-corrected chi connectivity index (χ0v) is 15.1. The zero-order valence-electron chi connectivity index (χ0n) is 13.5. The van der Waals surface area contributed by atoms with Crippen molar-refractivity contribution in [2.75, 3.05) is 6.54 Å². The lowest BCUT2D eigenvalue weighted by Crippen LogP contribution is -2.39. The number of carbonyl (C=O) groups is 1. The normalized spacial score (nSPS) is 14.1. The van der Waals surface area contributed by atoms with E-state index in [2.05, 4.69) is 9.97 Å². The van der Waals surface area contributed by atoms with E-state index >= 15 is 0 Å². The van der Waals surface area contributed by atoms with Crippen molar-refractivity contribution in [3.8, 4) is 0 Å². The minimum Gasteiger partial charge on any atom is -0.358 e. The first-order chi connectivity index (χ1) is 12.6. The molecule has 0 aliphatic carbocycles. The smallest absolute Gasteiger partial charge is 0.271 e. The summed E-state index contributed by atoms with van der Waals surface area (Å²) in [6, 6.07) is 5.70. The van der Waals surface area contributed by atoms with Crippen LogP contribution in [0.2, 0.25) is 5.02 Å². The molecular weight excluding hydrogens is 372 g/mol. The summed E-state index contributed by atoms with van der Waals surface area (Å²) in [5.41, 5.74) is 2.97. The average molecular weight is 385 g/mol. The first-order valence-electron chi connectivity index (χ1n) is 8.15. The van der Waals surface area contributed by atoms with Gasteiger partial charge in [-0.05, 0) is 18.2 Å². The Labute approximate surface area is 156 Å². The highest BCUT2D eigenvalue weighted by Crippen LogP contribution is 2.30. The second-order valence-electron chi connectivity index (χ2n) is 6.28. The Hall–Kier alpha value is -2.64. The Morgan fingerprint density at radius 2 is 2.23 bits per heavy atom. The van der Waals surface area contributed by atoms with Gasteiger partial charge in [-0.3, -0.25) is 14.0 Å². The van der Waals surface area contributed by atoms with Gasteiger partial charge in [-0.2, -0.15) is 0 Å². The molecule has 0 saturated carbocycles. The molecule has 130 valence electrons. The van der Waals surface area contributed by atoms with Gasteiger partial charge in [-0.15, -0.1) is 11.3 Å². The van der Waals surface area contributed by atoms with Gasteiger partial charge in [0.15, 0.2) is 4.96 Å². The maximum atomic E-state index is 13.0. The number of thiazole rings is 1. The largest absolute Gasteiger partial charge is 0.358 e. The molecule has 3 aromatic heterocycles. The van der Waals surface area contributed by atoms with Gasteiger partial charge in [0.1, 0.15) is 5.56 Å². The molecule has 0 bridgehead atoms. The van der Waals surface area contributed by atoms with Gasteiger partial charge in [0, 0.05) is 64.5 Å². The molecule has 0 spiro atoms. The van der Waals surface area contributed by atoms with Crippen molar-refractivity contribution < 1.29 is 4.79 Å². The molecule has 26 heavy (non-hydrogen) atoms. The highest BCUT2D eigenvalue weighted by Gasteiger charge is 2.27. The molecule has 1 aliphatic heterocycles. The monoisotopic (exact) mass is 384 g/mol. The van der Waals surface area contributed by atoms with Crippen molar-refractivity contribution in [1.29, 1.82) is 0 Å². The maximum Gasteiger partial charge on any atom is 0.271 e. The molecule has 0 unspecified atom stereocenters. The van der Waals surface area contributed by atoms with E-state index < -0.39 is 0 Å². The van der Waals surface area contributed by atoms with E-state index in [1.165, 1.54) is 21.9 Å². The number of rotatable bonds is 1. The number of hydrogen-bond donors (Lipinski definition) is 1. The number of carbonyl (C=O) groups excluding carboxylic acids is 1. The number of aromatic nitrogens is 3. The van der Waals surface area contributed by atoms with Gasteiger partial charge >= 0.3 is 0 Å². The van der Waals surface area contributed by atoms with Gasteiger partial charge in [0.25, 0.3) is 11.5 Å². The number of nitrogens with one attached hydrogen (secondary N) is 1. The van der Waals surface area contributed by atoms with Crippen LogP contribution in [0.4, 0.5) is 0 Å². The fourth-order valence-corrected chi connectivity index (χ4v) is 4.35. The van der Waals surface area contributed by atoms with Crippen LogP contribution in [0.15, 0.2) is 40.8 Å². The average Bonchev–Trinajstić information content (AvgIpc) is 3.26. The Morgan fingerprint density at radius 3 is 3.12 bits per heavy atom. The van der Waals surface area contributed by atoms with E-state index in [9.17, 15) is 9.59 Å². The van der Waals surface area contributed by atoms with Crippen molar-refractivity contribution in [2.24, 2.45) is 0 Å². The molecule has 0 radical (unpaired) electrons. The Kier molecular flexibility index (Phi) is 3.41. The molecule has 1 amide bonds. The molecule has 4 heterocycles. The van der Waals surface area contributed by atoms with Gasteiger partial charge in [0.2, 0.25) is 0 Å². The fourth-order valence-electron chi connectivity index (χ4n) is 3.50. The van der Waals surface area contributed by atoms with Gasteiger partial charge in [-0.1, -0.05) is 11.6 Å². The molecule has 0 saturated heterocycles. The number of nitrogens with zero attached hydrogens (tertiary/aromatic N) is 3. The summed E-state index contributed by atoms with van der Waals surface area (Å²) in [5, 5.41) is 3.46. The van der Waals surface area contributed by atoms with Crippen molar-refractivity contribution >= 4 is 44.7 Å². The molecular formula is C18H13ClN4O2S. The highest BCUT2D eigenvalue weighted by molar-refractivity contribution is 7.15. The summed E-state index contributed by atoms with van der Waals surface area (Å²) in [7, 11) is 0. The van der Waals surface area contributed by atoms with Crippen molar-refractivity contribution in [3.63, 3.8) is 0 Å². The summed E-state index contributed by atoms with van der Waals surface area (Å²) in [4.78, 5) is 35.5. The predicted octanol–water partition coefficient (Wildman–Crippen LogP) is 3.09. The lowest BCUT2D eigenvalue weighted by Gasteiger charge is -2.27. The number of amides is 1. The summed E-state index contributed by atoms with van der Waals surface area (Å²) in [5.74, 6) is -0.287. The van der Waals surface area contributed by atoms with Crippen LogP contribution in [0.5, 0.6) is 0 Å². The second-order valence-corrected chi connectivity index (χ2v) is 7.59. The third-order valence-corrected chi connectivity index (χ3v) is 5.80. The molecule has 1 aromatic carbocycles. The standard InChI is InChI=1S/C18H13ClN4O2S/c19-10-1-2-14-11(7-10)13-9-22(4-3-15(13)21-14)16(24)12-8-20-18-23(17(12)25)5-6-26-18/h1-2,5-8,21H,3-4,9H2. The summed E-state index contributed by atoms with van der Waals surface area (Å²) < 4.78 is 1.42. The van der Waals surface area contributed by atoms with Crippen LogP contribution in [0.25, 0.3) is 15.9 Å². The molecule has 1 N–H and O–H groups in total. The number of H-pyrrole nitrogens is 1. The van der Waals surface area contributed by atoms with Crippen molar-refractivity contribution in [2.45, 2.75) is 13.0 Å². The van der Waals surface area contributed by atoms with E-state index in [1.54, 1.807) is 16.5 Å². The van der Waals surface area contributed by atoms with Gasteiger partial charge < -0.3 is 9.88 Å². The number of benzene rings is 1. The second kappa shape index (κ2) is 5.69. The van der Waals surface area contributed by atoms with Crippen LogP contribution in [0.1, 0.15) is 21.6 Å². The van der Waals surface area contributed by atoms with Crippen LogP contribution >= 0.6 is 22.9 Å². The molecule has 5 rings (SSSR count). The SMILES string of the molecule is O=C(c1cnc2sccn2c1=O)N1CCc2[nH]c3ccc(Cl)cc3c2C1. The molecule has 8 heteroatoms. The van der Waals surface area contributed by atoms with E-state index in [0.29, 0.717) is 29.5 Å². The topological polar surface area (TPSA) is 70.5 Å². The number of halogens is 1. The van der Waals surface area contributed by atoms with E-state index in [1.807, 2.05) is 18.2 Å². The van der Waals surface area contributed by atoms with Crippen molar-refractivity contribution in [1.82, 2.24) is 19.3 Å². The minimum absolute atomic E-state index is 0.0993. The van der Waals surface area contributed by atoms with Gasteiger partial charge in [0.05, 0.1) is 0 Å². The lowest BCUT2D eigenvalue weighted by atomic mass is 10.0. The fraction of sp³-hybridized carbons (Fsp3) is 0.167. The quantitative estimate of drug-likeness (QED) is 0.548. The van der Waals surface area contributed by atoms with Crippen LogP contribution in [-0.2, 0) is 13.0 Å². The third-order valence-electron chi connectivity index (χ3n) is 4.80.